The van der Waals surface area contributed by atoms with Crippen LogP contribution in [0.2, 0.25) is 0 Å². The van der Waals surface area contributed by atoms with E-state index in [1.807, 2.05) is 12.3 Å². The Hall–Kier alpha value is -0.410. The van der Waals surface area contributed by atoms with Crippen LogP contribution in [0.4, 0.5) is 0 Å². The molecule has 3 heteroatoms. The average Bonchev–Trinajstić information content (AvgIpc) is 2.88. The van der Waals surface area contributed by atoms with E-state index in [0.717, 1.165) is 10.2 Å². The normalized spacial score (nSPS) is 38.5. The Labute approximate surface area is 98.4 Å². The van der Waals surface area contributed by atoms with Crippen molar-refractivity contribution in [3.8, 4) is 0 Å². The third-order valence-electron chi connectivity index (χ3n) is 4.05. The molecule has 2 fully saturated rings. The van der Waals surface area contributed by atoms with E-state index in [0.29, 0.717) is 11.8 Å². The van der Waals surface area contributed by atoms with Gasteiger partial charge in [0.25, 0.3) is 0 Å². The van der Waals surface area contributed by atoms with Gasteiger partial charge in [0.1, 0.15) is 0 Å². The third-order valence-corrected chi connectivity index (χ3v) is 4.52. The van der Waals surface area contributed by atoms with Gasteiger partial charge in [-0.25, -0.2) is 0 Å². The van der Waals surface area contributed by atoms with Crippen LogP contribution >= 0.6 is 15.9 Å². The maximum atomic E-state index is 6.49. The zero-order valence-electron chi connectivity index (χ0n) is 8.62. The van der Waals surface area contributed by atoms with E-state index in [9.17, 15) is 0 Å². The molecular weight excluding hydrogens is 252 g/mol. The SMILES string of the molecule is NC1(c2ccc(Br)cn2)C2CCCCC21. The third kappa shape index (κ3) is 1.36. The summed E-state index contributed by atoms with van der Waals surface area (Å²) in [7, 11) is 0. The number of rotatable bonds is 1. The molecule has 1 aromatic rings. The second kappa shape index (κ2) is 3.29. The van der Waals surface area contributed by atoms with Crippen LogP contribution < -0.4 is 5.73 Å². The van der Waals surface area contributed by atoms with Crippen LogP contribution in [0, 0.1) is 11.8 Å². The molecule has 0 aliphatic heterocycles. The van der Waals surface area contributed by atoms with E-state index in [2.05, 4.69) is 27.0 Å². The van der Waals surface area contributed by atoms with E-state index >= 15 is 0 Å². The minimum atomic E-state index is -0.1000. The maximum absolute atomic E-state index is 6.49. The first-order valence-corrected chi connectivity index (χ1v) is 6.43. The lowest BCUT2D eigenvalue weighted by Gasteiger charge is -2.10. The van der Waals surface area contributed by atoms with Gasteiger partial charge >= 0.3 is 0 Å². The van der Waals surface area contributed by atoms with Crippen LogP contribution in [0.15, 0.2) is 22.8 Å². The Morgan fingerprint density at radius 1 is 1.27 bits per heavy atom. The summed E-state index contributed by atoms with van der Waals surface area (Å²) in [6.45, 7) is 0. The van der Waals surface area contributed by atoms with Crippen molar-refractivity contribution >= 4 is 15.9 Å². The second-order valence-corrected chi connectivity index (χ2v) is 5.71. The van der Waals surface area contributed by atoms with Crippen LogP contribution in [0.25, 0.3) is 0 Å². The van der Waals surface area contributed by atoms with Gasteiger partial charge in [-0.1, -0.05) is 12.8 Å². The molecule has 2 saturated carbocycles. The summed E-state index contributed by atoms with van der Waals surface area (Å²) in [6, 6.07) is 4.11. The van der Waals surface area contributed by atoms with Crippen molar-refractivity contribution in [3.63, 3.8) is 0 Å². The Morgan fingerprint density at radius 2 is 1.93 bits per heavy atom. The second-order valence-electron chi connectivity index (χ2n) is 4.79. The number of pyridine rings is 1. The van der Waals surface area contributed by atoms with Gasteiger partial charge in [0.05, 0.1) is 11.2 Å². The molecule has 80 valence electrons. The van der Waals surface area contributed by atoms with Crippen molar-refractivity contribution in [1.29, 1.82) is 0 Å². The number of nitrogens with zero attached hydrogens (tertiary/aromatic N) is 1. The number of nitrogens with two attached hydrogens (primary N) is 1. The molecule has 1 heterocycles. The number of hydrogen-bond acceptors (Lipinski definition) is 2. The highest BCUT2D eigenvalue weighted by Crippen LogP contribution is 2.62. The molecule has 2 aliphatic rings. The van der Waals surface area contributed by atoms with Crippen LogP contribution in [-0.4, -0.2) is 4.98 Å². The van der Waals surface area contributed by atoms with Crippen molar-refractivity contribution < 1.29 is 0 Å². The number of halogens is 1. The lowest BCUT2D eigenvalue weighted by Crippen LogP contribution is -2.25. The van der Waals surface area contributed by atoms with Crippen LogP contribution in [0.5, 0.6) is 0 Å². The van der Waals surface area contributed by atoms with E-state index in [-0.39, 0.29) is 5.54 Å². The highest BCUT2D eigenvalue weighted by molar-refractivity contribution is 9.10. The monoisotopic (exact) mass is 266 g/mol. The summed E-state index contributed by atoms with van der Waals surface area (Å²) in [5, 5.41) is 0. The molecule has 1 aromatic heterocycles. The predicted octanol–water partition coefficient (Wildman–Crippen LogP) is 2.82. The summed E-state index contributed by atoms with van der Waals surface area (Å²) in [6.07, 6.45) is 7.12. The smallest absolute Gasteiger partial charge is 0.0647 e. The Morgan fingerprint density at radius 3 is 2.47 bits per heavy atom. The van der Waals surface area contributed by atoms with Gasteiger partial charge in [-0.15, -0.1) is 0 Å². The summed E-state index contributed by atoms with van der Waals surface area (Å²) in [5.41, 5.74) is 7.48. The summed E-state index contributed by atoms with van der Waals surface area (Å²) < 4.78 is 1.03. The zero-order chi connectivity index (χ0) is 10.5. The summed E-state index contributed by atoms with van der Waals surface area (Å²) in [5.74, 6) is 1.39. The van der Waals surface area contributed by atoms with Crippen molar-refractivity contribution in [2.24, 2.45) is 17.6 Å². The Kier molecular flexibility index (Phi) is 2.15. The van der Waals surface area contributed by atoms with E-state index < -0.39 is 0 Å². The largest absolute Gasteiger partial charge is 0.320 e. The number of hydrogen-bond donors (Lipinski definition) is 1. The zero-order valence-corrected chi connectivity index (χ0v) is 10.2. The molecule has 2 nitrogen and oxygen atoms in total. The molecule has 2 atom stereocenters. The number of fused-ring (bicyclic) bond motifs is 1. The van der Waals surface area contributed by atoms with Crippen molar-refractivity contribution in [2.75, 3.05) is 0 Å². The van der Waals surface area contributed by atoms with Gasteiger partial charge in [-0.05, 0) is 52.7 Å². The van der Waals surface area contributed by atoms with Crippen molar-refractivity contribution in [1.82, 2.24) is 4.98 Å². The highest BCUT2D eigenvalue weighted by atomic mass is 79.9. The van der Waals surface area contributed by atoms with Crippen molar-refractivity contribution in [3.05, 3.63) is 28.5 Å². The molecule has 0 spiro atoms. The van der Waals surface area contributed by atoms with Crippen LogP contribution in [0.1, 0.15) is 31.4 Å². The van der Waals surface area contributed by atoms with Gasteiger partial charge in [0.2, 0.25) is 0 Å². The molecule has 2 N–H and O–H groups in total. The Bertz CT molecular complexity index is 362. The summed E-state index contributed by atoms with van der Waals surface area (Å²) >= 11 is 3.41. The van der Waals surface area contributed by atoms with E-state index in [1.165, 1.54) is 25.7 Å². The highest BCUT2D eigenvalue weighted by Gasteiger charge is 2.63. The molecule has 0 saturated heterocycles. The van der Waals surface area contributed by atoms with E-state index in [1.54, 1.807) is 0 Å². The molecule has 15 heavy (non-hydrogen) atoms. The average molecular weight is 267 g/mol. The van der Waals surface area contributed by atoms with Gasteiger partial charge in [0, 0.05) is 10.7 Å². The molecule has 0 radical (unpaired) electrons. The van der Waals surface area contributed by atoms with E-state index in [4.69, 9.17) is 5.73 Å². The topological polar surface area (TPSA) is 38.9 Å². The minimum absolute atomic E-state index is 0.1000. The fourth-order valence-electron chi connectivity index (χ4n) is 3.18. The van der Waals surface area contributed by atoms with Crippen molar-refractivity contribution in [2.45, 2.75) is 31.2 Å². The molecular formula is C12H15BrN2. The maximum Gasteiger partial charge on any atom is 0.0647 e. The van der Waals surface area contributed by atoms with Crippen LogP contribution in [0.3, 0.4) is 0 Å². The molecule has 0 amide bonds. The molecule has 0 bridgehead atoms. The first kappa shape index (κ1) is 9.79. The number of aromatic nitrogens is 1. The Balaban J connectivity index is 1.91. The predicted molar refractivity (Wildman–Crippen MR) is 63.3 cm³/mol. The molecule has 0 aromatic carbocycles. The first-order valence-electron chi connectivity index (χ1n) is 5.64. The van der Waals surface area contributed by atoms with Gasteiger partial charge in [0.15, 0.2) is 0 Å². The quantitative estimate of drug-likeness (QED) is 0.849. The fourth-order valence-corrected chi connectivity index (χ4v) is 3.42. The summed E-state index contributed by atoms with van der Waals surface area (Å²) in [4.78, 5) is 4.46. The molecule has 2 unspecified atom stereocenters. The first-order chi connectivity index (χ1) is 7.23. The molecule has 2 aliphatic carbocycles. The molecule has 3 rings (SSSR count). The van der Waals surface area contributed by atoms with Gasteiger partial charge in [-0.2, -0.15) is 0 Å². The lowest BCUT2D eigenvalue weighted by atomic mass is 10.0. The standard InChI is InChI=1S/C12H15BrN2/c13-8-5-6-11(15-7-8)12(14)9-3-1-2-4-10(9)12/h5-7,9-10H,1-4,14H2. The fraction of sp³-hybridized carbons (Fsp3) is 0.583. The van der Waals surface area contributed by atoms with Gasteiger partial charge < -0.3 is 5.73 Å². The van der Waals surface area contributed by atoms with Crippen LogP contribution in [-0.2, 0) is 5.54 Å². The lowest BCUT2D eigenvalue weighted by molar-refractivity contribution is 0.480. The van der Waals surface area contributed by atoms with Gasteiger partial charge in [-0.3, -0.25) is 4.98 Å². The minimum Gasteiger partial charge on any atom is -0.320 e.